The van der Waals surface area contributed by atoms with Crippen molar-refractivity contribution in [3.63, 3.8) is 0 Å². The van der Waals surface area contributed by atoms with Crippen molar-refractivity contribution in [2.24, 2.45) is 0 Å². The molecule has 5 rings (SSSR count). The van der Waals surface area contributed by atoms with Gasteiger partial charge in [0.05, 0.1) is 16.9 Å². The summed E-state index contributed by atoms with van der Waals surface area (Å²) in [5.41, 5.74) is 0.970. The Bertz CT molecular complexity index is 1080. The highest BCUT2D eigenvalue weighted by atomic mass is 32.1. The summed E-state index contributed by atoms with van der Waals surface area (Å²) in [6.07, 6.45) is 1.77. The monoisotopic (exact) mass is 371 g/mol. The molecular weight excluding hydrogens is 358 g/mol. The first-order chi connectivity index (χ1) is 12.3. The first kappa shape index (κ1) is 14.7. The van der Waals surface area contributed by atoms with E-state index in [1.807, 2.05) is 46.3 Å². The van der Waals surface area contributed by atoms with Crippen molar-refractivity contribution in [3.8, 4) is 11.5 Å². The first-order valence-electron chi connectivity index (χ1n) is 7.80. The fourth-order valence-corrected chi connectivity index (χ4v) is 4.53. The van der Waals surface area contributed by atoms with E-state index < -0.39 is 0 Å². The Morgan fingerprint density at radius 1 is 1.36 bits per heavy atom. The van der Waals surface area contributed by atoms with Crippen LogP contribution in [0.3, 0.4) is 0 Å². The van der Waals surface area contributed by atoms with Crippen molar-refractivity contribution in [2.45, 2.75) is 6.10 Å². The molecule has 8 heteroatoms. The highest BCUT2D eigenvalue weighted by Gasteiger charge is 2.22. The summed E-state index contributed by atoms with van der Waals surface area (Å²) in [5, 5.41) is 4.91. The molecule has 1 aromatic carbocycles. The van der Waals surface area contributed by atoms with E-state index in [-0.39, 0.29) is 12.0 Å². The molecule has 1 aliphatic heterocycles. The number of thiophene rings is 1. The van der Waals surface area contributed by atoms with Crippen LogP contribution < -0.4 is 14.8 Å². The second-order valence-corrected chi connectivity index (χ2v) is 7.58. The number of para-hydroxylation sites is 2. The molecule has 1 amide bonds. The van der Waals surface area contributed by atoms with Crippen LogP contribution in [0.5, 0.6) is 11.5 Å². The van der Waals surface area contributed by atoms with Crippen molar-refractivity contribution in [3.05, 3.63) is 46.8 Å². The Morgan fingerprint density at radius 2 is 2.24 bits per heavy atom. The van der Waals surface area contributed by atoms with Gasteiger partial charge in [0.1, 0.15) is 17.5 Å². The molecule has 1 atom stereocenters. The molecule has 0 bridgehead atoms. The fraction of sp³-hybridized carbons (Fsp3) is 0.176. The Labute approximate surface area is 150 Å². The van der Waals surface area contributed by atoms with Gasteiger partial charge in [-0.25, -0.2) is 4.98 Å². The minimum atomic E-state index is -0.201. The van der Waals surface area contributed by atoms with Gasteiger partial charge in [-0.2, -0.15) is 0 Å². The maximum atomic E-state index is 12.4. The Hall–Kier alpha value is -2.58. The number of nitrogens with one attached hydrogen (secondary N) is 1. The number of hydrogen-bond acceptors (Lipinski definition) is 6. The van der Waals surface area contributed by atoms with E-state index >= 15 is 0 Å². The molecule has 0 radical (unpaired) electrons. The fourth-order valence-electron chi connectivity index (χ4n) is 2.82. The normalized spacial score (nSPS) is 16.4. The first-order valence-corrected chi connectivity index (χ1v) is 9.49. The summed E-state index contributed by atoms with van der Waals surface area (Å²) in [7, 11) is 0. The summed E-state index contributed by atoms with van der Waals surface area (Å²) in [5.74, 6) is 1.34. The van der Waals surface area contributed by atoms with Crippen molar-refractivity contribution in [2.75, 3.05) is 13.2 Å². The number of hydrogen-bond donors (Lipinski definition) is 1. The van der Waals surface area contributed by atoms with Crippen molar-refractivity contribution in [1.29, 1.82) is 0 Å². The maximum Gasteiger partial charge on any atom is 0.261 e. The molecule has 0 spiro atoms. The molecule has 6 nitrogen and oxygen atoms in total. The van der Waals surface area contributed by atoms with Gasteiger partial charge in [0.2, 0.25) is 0 Å². The topological polar surface area (TPSA) is 64.9 Å². The molecule has 126 valence electrons. The van der Waals surface area contributed by atoms with Gasteiger partial charge in [0, 0.05) is 11.6 Å². The van der Waals surface area contributed by atoms with Crippen molar-refractivity contribution in [1.82, 2.24) is 14.7 Å². The lowest BCUT2D eigenvalue weighted by atomic mass is 10.2. The van der Waals surface area contributed by atoms with Gasteiger partial charge >= 0.3 is 0 Å². The lowest BCUT2D eigenvalue weighted by molar-refractivity contribution is 0.0791. The number of benzene rings is 1. The Morgan fingerprint density at radius 3 is 3.16 bits per heavy atom. The SMILES string of the molecule is O=C(NC[C@@H]1COc2ccccc2O1)c1cc2c(nc3sccn32)s1. The van der Waals surface area contributed by atoms with E-state index in [1.165, 1.54) is 11.3 Å². The number of thiazole rings is 1. The molecule has 0 fully saturated rings. The molecule has 0 saturated carbocycles. The summed E-state index contributed by atoms with van der Waals surface area (Å²) >= 11 is 2.98. The number of aromatic nitrogens is 2. The van der Waals surface area contributed by atoms with Crippen molar-refractivity contribution >= 4 is 43.9 Å². The number of ether oxygens (including phenoxy) is 2. The predicted octanol–water partition coefficient (Wildman–Crippen LogP) is 3.18. The van der Waals surface area contributed by atoms with Crippen molar-refractivity contribution < 1.29 is 14.3 Å². The lowest BCUT2D eigenvalue weighted by Gasteiger charge is -2.26. The van der Waals surface area contributed by atoms with E-state index in [1.54, 1.807) is 11.3 Å². The van der Waals surface area contributed by atoms with Crippen LogP contribution in [0.25, 0.3) is 15.3 Å². The van der Waals surface area contributed by atoms with Gasteiger partial charge in [0.15, 0.2) is 16.5 Å². The quantitative estimate of drug-likeness (QED) is 0.601. The highest BCUT2D eigenvalue weighted by molar-refractivity contribution is 7.21. The van der Waals surface area contributed by atoms with Crippen LogP contribution in [0.4, 0.5) is 0 Å². The molecule has 0 aliphatic carbocycles. The minimum absolute atomic E-state index is 0.116. The van der Waals surface area contributed by atoms with Crippen LogP contribution in [0, 0.1) is 0 Å². The number of amides is 1. The van der Waals surface area contributed by atoms with Crippen LogP contribution >= 0.6 is 22.7 Å². The molecular formula is C17H13N3O3S2. The molecule has 25 heavy (non-hydrogen) atoms. The molecule has 4 aromatic rings. The Balaban J connectivity index is 1.28. The van der Waals surface area contributed by atoms with E-state index in [2.05, 4.69) is 10.3 Å². The molecule has 0 unspecified atom stereocenters. The van der Waals surface area contributed by atoms with Crippen LogP contribution in [0.2, 0.25) is 0 Å². The van der Waals surface area contributed by atoms with Crippen LogP contribution in [0.15, 0.2) is 41.9 Å². The van der Waals surface area contributed by atoms with Gasteiger partial charge in [-0.15, -0.1) is 22.7 Å². The zero-order chi connectivity index (χ0) is 16.8. The minimum Gasteiger partial charge on any atom is -0.486 e. The second kappa shape index (κ2) is 5.75. The van der Waals surface area contributed by atoms with Gasteiger partial charge < -0.3 is 14.8 Å². The summed E-state index contributed by atoms with van der Waals surface area (Å²) in [4.78, 5) is 19.4. The lowest BCUT2D eigenvalue weighted by Crippen LogP contribution is -2.40. The Kier molecular flexibility index (Phi) is 3.39. The third-order valence-corrected chi connectivity index (χ3v) is 5.79. The maximum absolute atomic E-state index is 12.4. The third kappa shape index (κ3) is 2.54. The van der Waals surface area contributed by atoms with Gasteiger partial charge in [-0.1, -0.05) is 12.1 Å². The number of carbonyl (C=O) groups is 1. The highest BCUT2D eigenvalue weighted by Crippen LogP contribution is 2.31. The average Bonchev–Trinajstić information content (AvgIpc) is 3.31. The summed E-state index contributed by atoms with van der Waals surface area (Å²) in [6.45, 7) is 0.811. The second-order valence-electron chi connectivity index (χ2n) is 5.68. The van der Waals surface area contributed by atoms with Crippen LogP contribution in [0.1, 0.15) is 9.67 Å². The standard InChI is InChI=1S/C17H13N3O3S2/c21-15(14-7-11-16(25-14)19-17-20(11)5-6-24-17)18-8-10-9-22-12-3-1-2-4-13(12)23-10/h1-7,10H,8-9H2,(H,18,21)/t10-/m1/s1. The molecule has 3 aromatic heterocycles. The van der Waals surface area contributed by atoms with E-state index in [0.717, 1.165) is 21.1 Å². The molecule has 1 N–H and O–H groups in total. The van der Waals surface area contributed by atoms with E-state index in [0.29, 0.717) is 23.8 Å². The van der Waals surface area contributed by atoms with Crippen LogP contribution in [-0.2, 0) is 0 Å². The molecule has 1 aliphatic rings. The van der Waals surface area contributed by atoms with Gasteiger partial charge in [-0.3, -0.25) is 9.20 Å². The smallest absolute Gasteiger partial charge is 0.261 e. The number of imidazole rings is 1. The zero-order valence-electron chi connectivity index (χ0n) is 13.0. The summed E-state index contributed by atoms with van der Waals surface area (Å²) in [6, 6.07) is 9.43. The predicted molar refractivity (Wildman–Crippen MR) is 97.1 cm³/mol. The summed E-state index contributed by atoms with van der Waals surface area (Å²) < 4.78 is 13.5. The van der Waals surface area contributed by atoms with Crippen LogP contribution in [-0.4, -0.2) is 34.5 Å². The average molecular weight is 371 g/mol. The number of fused-ring (bicyclic) bond motifs is 4. The van der Waals surface area contributed by atoms with E-state index in [9.17, 15) is 4.79 Å². The van der Waals surface area contributed by atoms with Gasteiger partial charge in [0.25, 0.3) is 5.91 Å². The number of carbonyl (C=O) groups excluding carboxylic acids is 1. The molecule has 4 heterocycles. The van der Waals surface area contributed by atoms with Gasteiger partial charge in [-0.05, 0) is 18.2 Å². The third-order valence-electron chi connectivity index (χ3n) is 4.02. The number of rotatable bonds is 3. The number of nitrogens with zero attached hydrogens (tertiary/aromatic N) is 2. The molecule has 0 saturated heterocycles. The van der Waals surface area contributed by atoms with E-state index in [4.69, 9.17) is 9.47 Å². The zero-order valence-corrected chi connectivity index (χ0v) is 14.6. The largest absolute Gasteiger partial charge is 0.486 e.